The van der Waals surface area contributed by atoms with Crippen molar-refractivity contribution in [2.45, 2.75) is 20.1 Å². The molecule has 0 saturated carbocycles. The van der Waals surface area contributed by atoms with Crippen molar-refractivity contribution in [3.8, 4) is 5.75 Å². The fourth-order valence-electron chi connectivity index (χ4n) is 1.88. The highest BCUT2D eigenvalue weighted by Crippen LogP contribution is 2.25. The predicted molar refractivity (Wildman–Crippen MR) is 87.3 cm³/mol. The molecule has 0 unspecified atom stereocenters. The second-order valence-electron chi connectivity index (χ2n) is 4.56. The Morgan fingerprint density at radius 3 is 2.71 bits per heavy atom. The molecule has 0 saturated heterocycles. The molecule has 0 aliphatic rings. The second-order valence-corrected chi connectivity index (χ2v) is 5.88. The van der Waals surface area contributed by atoms with Crippen molar-refractivity contribution >= 4 is 27.5 Å². The Bertz CT molecular complexity index is 621. The zero-order valence-electron chi connectivity index (χ0n) is 11.6. The maximum Gasteiger partial charge on any atom is 0.124 e. The molecule has 5 heteroatoms. The van der Waals surface area contributed by atoms with E-state index in [1.165, 1.54) is 12.1 Å². The fourth-order valence-corrected chi connectivity index (χ4v) is 2.61. The molecule has 2 nitrogen and oxygen atoms in total. The van der Waals surface area contributed by atoms with Gasteiger partial charge in [-0.1, -0.05) is 40.5 Å². The summed E-state index contributed by atoms with van der Waals surface area (Å²) in [6, 6.07) is 10.2. The number of halogens is 3. The largest absolute Gasteiger partial charge is 0.489 e. The Hall–Kier alpha value is -1.10. The van der Waals surface area contributed by atoms with Gasteiger partial charge in [-0.05, 0) is 36.9 Å². The third kappa shape index (κ3) is 4.70. The van der Waals surface area contributed by atoms with Crippen molar-refractivity contribution in [2.24, 2.45) is 0 Å². The standard InChI is InChI=1S/C16H16BrClFNO/c1-2-20-9-12-7-14(19)5-6-16(12)21-10-11-3-4-13(17)8-15(11)18/h3-8,20H,2,9-10H2,1H3. The topological polar surface area (TPSA) is 21.3 Å². The first-order chi connectivity index (χ1) is 10.1. The van der Waals surface area contributed by atoms with Crippen molar-refractivity contribution < 1.29 is 9.13 Å². The first-order valence-corrected chi connectivity index (χ1v) is 7.83. The van der Waals surface area contributed by atoms with E-state index in [1.807, 2.05) is 25.1 Å². The van der Waals surface area contributed by atoms with Gasteiger partial charge in [0.25, 0.3) is 0 Å². The zero-order valence-corrected chi connectivity index (χ0v) is 14.0. The van der Waals surface area contributed by atoms with Crippen LogP contribution in [0.5, 0.6) is 5.75 Å². The van der Waals surface area contributed by atoms with Gasteiger partial charge in [0.1, 0.15) is 18.2 Å². The van der Waals surface area contributed by atoms with Crippen molar-refractivity contribution in [1.82, 2.24) is 5.32 Å². The molecule has 2 rings (SSSR count). The van der Waals surface area contributed by atoms with Gasteiger partial charge in [0.05, 0.1) is 0 Å². The van der Waals surface area contributed by atoms with Crippen LogP contribution in [0.3, 0.4) is 0 Å². The predicted octanol–water partition coefficient (Wildman–Crippen LogP) is 4.93. The van der Waals surface area contributed by atoms with Crippen LogP contribution in [-0.2, 0) is 13.2 Å². The van der Waals surface area contributed by atoms with Crippen LogP contribution in [0.1, 0.15) is 18.1 Å². The summed E-state index contributed by atoms with van der Waals surface area (Å²) < 4.78 is 20.0. The van der Waals surface area contributed by atoms with Gasteiger partial charge in [-0.2, -0.15) is 0 Å². The van der Waals surface area contributed by atoms with Gasteiger partial charge in [0.2, 0.25) is 0 Å². The van der Waals surface area contributed by atoms with Gasteiger partial charge >= 0.3 is 0 Å². The van der Waals surface area contributed by atoms with Crippen LogP contribution >= 0.6 is 27.5 Å². The van der Waals surface area contributed by atoms with Crippen LogP contribution in [0, 0.1) is 5.82 Å². The lowest BCUT2D eigenvalue weighted by molar-refractivity contribution is 0.301. The summed E-state index contributed by atoms with van der Waals surface area (Å²) in [6.45, 7) is 3.73. The minimum atomic E-state index is -0.267. The van der Waals surface area contributed by atoms with E-state index in [1.54, 1.807) is 6.07 Å². The monoisotopic (exact) mass is 371 g/mol. The molecule has 0 bridgehead atoms. The van der Waals surface area contributed by atoms with Gasteiger partial charge < -0.3 is 10.1 Å². The Balaban J connectivity index is 2.11. The van der Waals surface area contributed by atoms with Gasteiger partial charge in [0.15, 0.2) is 0 Å². The summed E-state index contributed by atoms with van der Waals surface area (Å²) in [6.07, 6.45) is 0. The smallest absolute Gasteiger partial charge is 0.124 e. The molecule has 0 spiro atoms. The zero-order chi connectivity index (χ0) is 15.2. The van der Waals surface area contributed by atoms with Gasteiger partial charge in [-0.15, -0.1) is 0 Å². The molecule has 0 atom stereocenters. The van der Waals surface area contributed by atoms with Crippen molar-refractivity contribution in [3.05, 3.63) is 62.8 Å². The van der Waals surface area contributed by atoms with Gasteiger partial charge in [0, 0.05) is 27.2 Å². The number of rotatable bonds is 6. The van der Waals surface area contributed by atoms with Crippen molar-refractivity contribution in [1.29, 1.82) is 0 Å². The lowest BCUT2D eigenvalue weighted by Crippen LogP contribution is -2.13. The first kappa shape index (κ1) is 16.3. The maximum absolute atomic E-state index is 13.3. The van der Waals surface area contributed by atoms with Crippen LogP contribution in [0.15, 0.2) is 40.9 Å². The lowest BCUT2D eigenvalue weighted by Gasteiger charge is -2.13. The summed E-state index contributed by atoms with van der Waals surface area (Å²) in [5, 5.41) is 3.81. The Kier molecular flexibility index (Phi) is 6.03. The van der Waals surface area contributed by atoms with E-state index in [9.17, 15) is 4.39 Å². The van der Waals surface area contributed by atoms with E-state index < -0.39 is 0 Å². The number of nitrogens with one attached hydrogen (secondary N) is 1. The molecule has 0 aliphatic heterocycles. The SMILES string of the molecule is CCNCc1cc(F)ccc1OCc1ccc(Br)cc1Cl. The molecule has 0 radical (unpaired) electrons. The number of hydrogen-bond acceptors (Lipinski definition) is 2. The molecule has 0 aromatic heterocycles. The first-order valence-electron chi connectivity index (χ1n) is 6.66. The van der Waals surface area contributed by atoms with E-state index >= 15 is 0 Å². The average molecular weight is 373 g/mol. The number of benzene rings is 2. The van der Waals surface area contributed by atoms with Gasteiger partial charge in [-0.25, -0.2) is 4.39 Å². The summed E-state index contributed by atoms with van der Waals surface area (Å²) in [5.41, 5.74) is 1.68. The molecule has 0 aliphatic carbocycles. The molecule has 112 valence electrons. The Morgan fingerprint density at radius 1 is 1.19 bits per heavy atom. The average Bonchev–Trinajstić information content (AvgIpc) is 2.45. The van der Waals surface area contributed by atoms with Gasteiger partial charge in [-0.3, -0.25) is 0 Å². The molecule has 1 N–H and O–H groups in total. The van der Waals surface area contributed by atoms with E-state index in [0.717, 1.165) is 22.1 Å². The molecular weight excluding hydrogens is 357 g/mol. The van der Waals surface area contributed by atoms with Crippen molar-refractivity contribution in [2.75, 3.05) is 6.54 Å². The third-order valence-corrected chi connectivity index (χ3v) is 3.83. The molecular formula is C16H16BrClFNO. The van der Waals surface area contributed by atoms with E-state index in [-0.39, 0.29) is 5.82 Å². The van der Waals surface area contributed by atoms with Crippen LogP contribution in [0.4, 0.5) is 4.39 Å². The summed E-state index contributed by atoms with van der Waals surface area (Å²) in [5.74, 6) is 0.397. The minimum absolute atomic E-state index is 0.267. The Morgan fingerprint density at radius 2 is 2.00 bits per heavy atom. The minimum Gasteiger partial charge on any atom is -0.489 e. The lowest BCUT2D eigenvalue weighted by atomic mass is 10.2. The summed E-state index contributed by atoms with van der Waals surface area (Å²) >= 11 is 9.53. The quantitative estimate of drug-likeness (QED) is 0.776. The van der Waals surface area contributed by atoms with E-state index in [2.05, 4.69) is 21.2 Å². The highest BCUT2D eigenvalue weighted by atomic mass is 79.9. The number of hydrogen-bond donors (Lipinski definition) is 1. The Labute approximate surface area is 137 Å². The third-order valence-electron chi connectivity index (χ3n) is 2.99. The van der Waals surface area contributed by atoms with Crippen LogP contribution in [0.25, 0.3) is 0 Å². The molecule has 2 aromatic rings. The highest BCUT2D eigenvalue weighted by Gasteiger charge is 2.07. The van der Waals surface area contributed by atoms with Crippen LogP contribution < -0.4 is 10.1 Å². The highest BCUT2D eigenvalue weighted by molar-refractivity contribution is 9.10. The number of ether oxygens (including phenoxy) is 1. The van der Waals surface area contributed by atoms with Crippen LogP contribution in [-0.4, -0.2) is 6.54 Å². The maximum atomic E-state index is 13.3. The van der Waals surface area contributed by atoms with Crippen LogP contribution in [0.2, 0.25) is 5.02 Å². The van der Waals surface area contributed by atoms with E-state index in [4.69, 9.17) is 16.3 Å². The summed E-state index contributed by atoms with van der Waals surface area (Å²) in [7, 11) is 0. The summed E-state index contributed by atoms with van der Waals surface area (Å²) in [4.78, 5) is 0. The fraction of sp³-hybridized carbons (Fsp3) is 0.250. The molecule has 2 aromatic carbocycles. The normalized spacial score (nSPS) is 10.7. The van der Waals surface area contributed by atoms with Crippen molar-refractivity contribution in [3.63, 3.8) is 0 Å². The molecule has 0 heterocycles. The molecule has 21 heavy (non-hydrogen) atoms. The molecule has 0 fully saturated rings. The second kappa shape index (κ2) is 7.78. The van der Waals surface area contributed by atoms with E-state index in [0.29, 0.717) is 23.9 Å². The molecule has 0 amide bonds.